The van der Waals surface area contributed by atoms with Gasteiger partial charge in [-0.3, -0.25) is 9.88 Å². The maximum Gasteiger partial charge on any atom is 0.240 e. The molecule has 7 nitrogen and oxygen atoms in total. The van der Waals surface area contributed by atoms with E-state index in [4.69, 9.17) is 9.26 Å². The Labute approximate surface area is 160 Å². The molecule has 136 valence electrons. The zero-order chi connectivity index (χ0) is 17.9. The van der Waals surface area contributed by atoms with E-state index < -0.39 is 0 Å². The van der Waals surface area contributed by atoms with E-state index in [0.29, 0.717) is 24.9 Å². The Morgan fingerprint density at radius 1 is 1.19 bits per heavy atom. The highest BCUT2D eigenvalue weighted by molar-refractivity contribution is 9.10. The van der Waals surface area contributed by atoms with Crippen molar-refractivity contribution in [3.05, 3.63) is 46.7 Å². The topological polar surface area (TPSA) is 67.5 Å². The van der Waals surface area contributed by atoms with Crippen LogP contribution < -0.4 is 4.90 Å². The number of aromatic nitrogens is 3. The minimum Gasteiger partial charge on any atom is -0.377 e. The number of benzene rings is 1. The van der Waals surface area contributed by atoms with Gasteiger partial charge in [-0.2, -0.15) is 4.98 Å². The van der Waals surface area contributed by atoms with Gasteiger partial charge in [0.2, 0.25) is 5.89 Å². The number of fused-ring (bicyclic) bond motifs is 1. The van der Waals surface area contributed by atoms with Gasteiger partial charge in [-0.15, -0.1) is 0 Å². The quantitative estimate of drug-likeness (QED) is 0.631. The van der Waals surface area contributed by atoms with Crippen molar-refractivity contribution in [1.82, 2.24) is 20.0 Å². The van der Waals surface area contributed by atoms with Crippen LogP contribution in [0.1, 0.15) is 11.7 Å². The number of hydrogen-bond donors (Lipinski definition) is 0. The first-order valence-corrected chi connectivity index (χ1v) is 9.34. The van der Waals surface area contributed by atoms with E-state index in [1.54, 1.807) is 7.11 Å². The smallest absolute Gasteiger partial charge is 0.240 e. The normalized spacial score (nSPS) is 15.7. The molecule has 1 aliphatic heterocycles. The predicted molar refractivity (Wildman–Crippen MR) is 102 cm³/mol. The largest absolute Gasteiger partial charge is 0.377 e. The highest BCUT2D eigenvalue weighted by atomic mass is 79.9. The summed E-state index contributed by atoms with van der Waals surface area (Å²) in [5.41, 5.74) is 2.25. The zero-order valence-electron chi connectivity index (χ0n) is 14.6. The fourth-order valence-electron chi connectivity index (χ4n) is 3.26. The first-order valence-electron chi connectivity index (χ1n) is 8.55. The molecule has 0 N–H and O–H groups in total. The molecule has 8 heteroatoms. The van der Waals surface area contributed by atoms with Crippen molar-refractivity contribution in [3.63, 3.8) is 0 Å². The number of rotatable bonds is 5. The van der Waals surface area contributed by atoms with Gasteiger partial charge in [0.25, 0.3) is 0 Å². The van der Waals surface area contributed by atoms with Crippen molar-refractivity contribution >= 4 is 32.5 Å². The highest BCUT2D eigenvalue weighted by Crippen LogP contribution is 2.28. The van der Waals surface area contributed by atoms with Crippen molar-refractivity contribution in [1.29, 1.82) is 0 Å². The van der Waals surface area contributed by atoms with Crippen LogP contribution in [0.25, 0.3) is 10.9 Å². The number of methoxy groups -OCH3 is 1. The molecule has 1 aromatic carbocycles. The van der Waals surface area contributed by atoms with Crippen LogP contribution in [0, 0.1) is 0 Å². The Kier molecular flexibility index (Phi) is 5.14. The molecule has 0 spiro atoms. The van der Waals surface area contributed by atoms with Crippen LogP contribution in [0.2, 0.25) is 0 Å². The minimum absolute atomic E-state index is 0.377. The second-order valence-electron chi connectivity index (χ2n) is 6.29. The van der Waals surface area contributed by atoms with Gasteiger partial charge in [-0.25, -0.2) is 0 Å². The Morgan fingerprint density at radius 3 is 2.85 bits per heavy atom. The Bertz CT molecular complexity index is 892. The van der Waals surface area contributed by atoms with E-state index in [9.17, 15) is 0 Å². The Balaban J connectivity index is 1.43. The third kappa shape index (κ3) is 3.72. The standard InChI is InChI=1S/C18H20BrN5O2/c1-25-12-17-21-18(26-22-17)11-23-6-8-24(9-7-23)16-4-5-20-15-3-2-13(19)10-14(15)16/h2-5,10H,6-9,11-12H2,1H3. The minimum atomic E-state index is 0.377. The molecule has 3 aromatic rings. The summed E-state index contributed by atoms with van der Waals surface area (Å²) in [6.45, 7) is 4.84. The third-order valence-electron chi connectivity index (χ3n) is 4.54. The molecule has 0 atom stereocenters. The lowest BCUT2D eigenvalue weighted by Crippen LogP contribution is -2.46. The van der Waals surface area contributed by atoms with Gasteiger partial charge in [0, 0.05) is 55.0 Å². The summed E-state index contributed by atoms with van der Waals surface area (Å²) < 4.78 is 11.4. The first kappa shape index (κ1) is 17.4. The van der Waals surface area contributed by atoms with Crippen molar-refractivity contribution in [2.24, 2.45) is 0 Å². The van der Waals surface area contributed by atoms with Crippen LogP contribution in [-0.4, -0.2) is 53.3 Å². The molecule has 26 heavy (non-hydrogen) atoms. The first-order chi connectivity index (χ1) is 12.7. The average molecular weight is 418 g/mol. The van der Waals surface area contributed by atoms with Crippen LogP contribution in [-0.2, 0) is 17.9 Å². The zero-order valence-corrected chi connectivity index (χ0v) is 16.1. The van der Waals surface area contributed by atoms with Gasteiger partial charge in [0.1, 0.15) is 6.61 Å². The SMILES string of the molecule is COCc1noc(CN2CCN(c3ccnc4ccc(Br)cc34)CC2)n1. The summed E-state index contributed by atoms with van der Waals surface area (Å²) in [4.78, 5) is 13.6. The van der Waals surface area contributed by atoms with Crippen LogP contribution in [0.3, 0.4) is 0 Å². The summed E-state index contributed by atoms with van der Waals surface area (Å²) in [5, 5.41) is 5.09. The molecule has 0 bridgehead atoms. The van der Waals surface area contributed by atoms with Crippen LogP contribution in [0.4, 0.5) is 5.69 Å². The predicted octanol–water partition coefficient (Wildman–Crippen LogP) is 2.85. The van der Waals surface area contributed by atoms with Gasteiger partial charge in [-0.05, 0) is 24.3 Å². The summed E-state index contributed by atoms with van der Waals surface area (Å²) in [5.74, 6) is 1.23. The second kappa shape index (κ2) is 7.69. The maximum atomic E-state index is 5.29. The Morgan fingerprint density at radius 2 is 2.04 bits per heavy atom. The average Bonchev–Trinajstić information content (AvgIpc) is 3.09. The van der Waals surface area contributed by atoms with Crippen LogP contribution >= 0.6 is 15.9 Å². The maximum absolute atomic E-state index is 5.29. The van der Waals surface area contributed by atoms with Gasteiger partial charge in [0.05, 0.1) is 12.1 Å². The van der Waals surface area contributed by atoms with Crippen LogP contribution in [0.15, 0.2) is 39.5 Å². The fourth-order valence-corrected chi connectivity index (χ4v) is 3.62. The number of nitrogens with zero attached hydrogens (tertiary/aromatic N) is 5. The second-order valence-corrected chi connectivity index (χ2v) is 7.21. The van der Waals surface area contributed by atoms with Gasteiger partial charge in [0.15, 0.2) is 5.82 Å². The lowest BCUT2D eigenvalue weighted by Gasteiger charge is -2.35. The van der Waals surface area contributed by atoms with Crippen molar-refractivity contribution in [2.45, 2.75) is 13.2 Å². The molecular formula is C18H20BrN5O2. The molecule has 1 aliphatic rings. The molecule has 0 radical (unpaired) electrons. The van der Waals surface area contributed by atoms with E-state index in [1.807, 2.05) is 18.3 Å². The Hall–Kier alpha value is -2.03. The number of pyridine rings is 1. The molecule has 4 rings (SSSR count). The summed E-state index contributed by atoms with van der Waals surface area (Å²) in [6, 6.07) is 8.31. The molecule has 0 amide bonds. The van der Waals surface area contributed by atoms with E-state index in [2.05, 4.69) is 53.0 Å². The monoisotopic (exact) mass is 417 g/mol. The molecule has 1 saturated heterocycles. The van der Waals surface area contributed by atoms with Gasteiger partial charge < -0.3 is 14.2 Å². The number of halogens is 1. The summed E-state index contributed by atoms with van der Waals surface area (Å²) in [6.07, 6.45) is 1.88. The van der Waals surface area contributed by atoms with Gasteiger partial charge >= 0.3 is 0 Å². The van der Waals surface area contributed by atoms with Gasteiger partial charge in [-0.1, -0.05) is 21.1 Å². The van der Waals surface area contributed by atoms with E-state index in [-0.39, 0.29) is 0 Å². The fraction of sp³-hybridized carbons (Fsp3) is 0.389. The third-order valence-corrected chi connectivity index (χ3v) is 5.03. The number of ether oxygens (including phenoxy) is 1. The molecule has 2 aromatic heterocycles. The summed E-state index contributed by atoms with van der Waals surface area (Å²) >= 11 is 3.56. The van der Waals surface area contributed by atoms with E-state index in [0.717, 1.165) is 36.2 Å². The molecule has 1 fully saturated rings. The van der Waals surface area contributed by atoms with E-state index >= 15 is 0 Å². The molecule has 0 unspecified atom stereocenters. The van der Waals surface area contributed by atoms with Crippen molar-refractivity contribution in [2.75, 3.05) is 38.2 Å². The molecule has 0 saturated carbocycles. The molecule has 0 aliphatic carbocycles. The van der Waals surface area contributed by atoms with Crippen molar-refractivity contribution < 1.29 is 9.26 Å². The lowest BCUT2D eigenvalue weighted by atomic mass is 10.1. The van der Waals surface area contributed by atoms with Crippen molar-refractivity contribution in [3.8, 4) is 0 Å². The molecular weight excluding hydrogens is 398 g/mol. The lowest BCUT2D eigenvalue weighted by molar-refractivity contribution is 0.174. The molecule has 3 heterocycles. The number of piperazine rings is 1. The number of hydrogen-bond acceptors (Lipinski definition) is 7. The number of anilines is 1. The summed E-state index contributed by atoms with van der Waals surface area (Å²) in [7, 11) is 1.62. The van der Waals surface area contributed by atoms with E-state index in [1.165, 1.54) is 11.1 Å². The highest BCUT2D eigenvalue weighted by Gasteiger charge is 2.21. The van der Waals surface area contributed by atoms with Crippen LogP contribution in [0.5, 0.6) is 0 Å².